The van der Waals surface area contributed by atoms with Crippen LogP contribution in [0.1, 0.15) is 45.2 Å². The highest BCUT2D eigenvalue weighted by Gasteiger charge is 2.20. The fraction of sp³-hybridized carbons (Fsp3) is 0.276. The van der Waals surface area contributed by atoms with E-state index >= 15 is 0 Å². The number of benzene rings is 3. The van der Waals surface area contributed by atoms with Gasteiger partial charge in [0.05, 0.1) is 11.4 Å². The minimum absolute atomic E-state index is 0.179. The van der Waals surface area contributed by atoms with E-state index in [0.29, 0.717) is 0 Å². The smallest absolute Gasteiger partial charge is 0.169 e. The summed E-state index contributed by atoms with van der Waals surface area (Å²) in [6, 6.07) is 30.3. The average molecular weight is 441 g/mol. The van der Waals surface area contributed by atoms with Crippen molar-refractivity contribution in [2.75, 3.05) is 0 Å². The lowest BCUT2D eigenvalue weighted by Crippen LogP contribution is -2.10. The molecule has 0 spiro atoms. The van der Waals surface area contributed by atoms with Crippen LogP contribution in [0.3, 0.4) is 0 Å². The van der Waals surface area contributed by atoms with Crippen molar-refractivity contribution in [3.8, 4) is 22.5 Å². The molecule has 0 fully saturated rings. The first-order valence-electron chi connectivity index (χ1n) is 11.4. The quantitative estimate of drug-likeness (QED) is 0.269. The summed E-state index contributed by atoms with van der Waals surface area (Å²) in [4.78, 5) is 5.17. The molecule has 0 aliphatic carbocycles. The Kier molecular flexibility index (Phi) is 6.86. The molecule has 0 radical (unpaired) electrons. The van der Waals surface area contributed by atoms with Gasteiger partial charge in [-0.2, -0.15) is 0 Å². The lowest BCUT2D eigenvalue weighted by atomic mass is 9.87. The molecule has 1 heterocycles. The van der Waals surface area contributed by atoms with E-state index in [0.717, 1.165) is 35.1 Å². The van der Waals surface area contributed by atoms with Crippen molar-refractivity contribution in [3.63, 3.8) is 0 Å². The van der Waals surface area contributed by atoms with Crippen molar-refractivity contribution in [3.05, 3.63) is 96.1 Å². The zero-order valence-corrected chi connectivity index (χ0v) is 20.3. The summed E-state index contributed by atoms with van der Waals surface area (Å²) in [7, 11) is 0. The maximum Gasteiger partial charge on any atom is 0.169 e. The molecule has 0 saturated heterocycles. The van der Waals surface area contributed by atoms with Gasteiger partial charge in [0.15, 0.2) is 5.16 Å². The van der Waals surface area contributed by atoms with Gasteiger partial charge in [-0.15, -0.1) is 0 Å². The van der Waals surface area contributed by atoms with E-state index in [-0.39, 0.29) is 5.41 Å². The highest BCUT2D eigenvalue weighted by molar-refractivity contribution is 7.98. The second-order valence-electron chi connectivity index (χ2n) is 9.21. The van der Waals surface area contributed by atoms with Gasteiger partial charge >= 0.3 is 0 Å². The lowest BCUT2D eigenvalue weighted by Gasteiger charge is -2.19. The number of hydrogen-bond donors (Lipinski definition) is 0. The van der Waals surface area contributed by atoms with E-state index in [1.165, 1.54) is 22.4 Å². The molecule has 0 unspecified atom stereocenters. The highest BCUT2D eigenvalue weighted by atomic mass is 32.2. The topological polar surface area (TPSA) is 17.8 Å². The van der Waals surface area contributed by atoms with Crippen molar-refractivity contribution in [2.24, 2.45) is 0 Å². The first-order chi connectivity index (χ1) is 15.5. The highest BCUT2D eigenvalue weighted by Crippen LogP contribution is 2.37. The van der Waals surface area contributed by atoms with Crippen LogP contribution in [-0.2, 0) is 17.7 Å². The Bertz CT molecular complexity index is 1140. The predicted octanol–water partition coefficient (Wildman–Crippen LogP) is 8.22. The van der Waals surface area contributed by atoms with E-state index in [2.05, 4.69) is 117 Å². The molecule has 2 nitrogen and oxygen atoms in total. The summed E-state index contributed by atoms with van der Waals surface area (Å²) >= 11 is 1.83. The van der Waals surface area contributed by atoms with Gasteiger partial charge in [0.25, 0.3) is 0 Å². The first kappa shape index (κ1) is 22.4. The van der Waals surface area contributed by atoms with Gasteiger partial charge in [0.1, 0.15) is 0 Å². The van der Waals surface area contributed by atoms with Crippen LogP contribution in [-0.4, -0.2) is 9.55 Å². The molecule has 0 N–H and O–H groups in total. The summed E-state index contributed by atoms with van der Waals surface area (Å²) in [6.07, 6.45) is 1.07. The number of imidazole rings is 1. The molecular weight excluding hydrogens is 408 g/mol. The van der Waals surface area contributed by atoms with E-state index < -0.39 is 0 Å². The van der Waals surface area contributed by atoms with Gasteiger partial charge in [0.2, 0.25) is 0 Å². The summed E-state index contributed by atoms with van der Waals surface area (Å²) in [5.74, 6) is 0.910. The largest absolute Gasteiger partial charge is 0.318 e. The molecule has 0 aliphatic rings. The van der Waals surface area contributed by atoms with Gasteiger partial charge in [-0.05, 0) is 23.0 Å². The van der Waals surface area contributed by atoms with Crippen LogP contribution < -0.4 is 0 Å². The Morgan fingerprint density at radius 2 is 1.38 bits per heavy atom. The van der Waals surface area contributed by atoms with Gasteiger partial charge in [-0.25, -0.2) is 4.98 Å². The van der Waals surface area contributed by atoms with Crippen molar-refractivity contribution < 1.29 is 0 Å². The van der Waals surface area contributed by atoms with E-state index in [4.69, 9.17) is 4.98 Å². The summed E-state index contributed by atoms with van der Waals surface area (Å²) in [6.45, 7) is 9.96. The number of rotatable bonds is 7. The van der Waals surface area contributed by atoms with Crippen LogP contribution in [0.4, 0.5) is 0 Å². The SMILES string of the molecule is CCCn1c(SCc2ccc(C(C)(C)C)cc2)nc(-c2ccccc2)c1-c1ccccc1. The molecule has 4 aromatic rings. The molecule has 3 aromatic carbocycles. The second-order valence-corrected chi connectivity index (χ2v) is 10.2. The molecule has 0 atom stereocenters. The van der Waals surface area contributed by atoms with Crippen LogP contribution in [0.2, 0.25) is 0 Å². The van der Waals surface area contributed by atoms with Gasteiger partial charge in [-0.3, -0.25) is 0 Å². The molecule has 0 amide bonds. The third-order valence-corrected chi connectivity index (χ3v) is 6.71. The predicted molar refractivity (Wildman–Crippen MR) is 138 cm³/mol. The standard InChI is InChI=1S/C29H32N2S/c1-5-20-31-27(24-14-10-7-11-15-24)26(23-12-8-6-9-13-23)30-28(31)32-21-22-16-18-25(19-17-22)29(2,3)4/h6-19H,5,20-21H2,1-4H3. The van der Waals surface area contributed by atoms with Crippen LogP contribution >= 0.6 is 11.8 Å². The molecule has 32 heavy (non-hydrogen) atoms. The Labute approximate surface area is 196 Å². The third-order valence-electron chi connectivity index (χ3n) is 5.66. The molecule has 3 heteroatoms. The zero-order valence-electron chi connectivity index (χ0n) is 19.5. The number of thioether (sulfide) groups is 1. The summed E-state index contributed by atoms with van der Waals surface area (Å²) < 4.78 is 2.41. The zero-order chi connectivity index (χ0) is 22.6. The van der Waals surface area contributed by atoms with E-state index in [1.807, 2.05) is 11.8 Å². The summed E-state index contributed by atoms with van der Waals surface area (Å²) in [5, 5.41) is 1.09. The second kappa shape index (κ2) is 9.79. The monoisotopic (exact) mass is 440 g/mol. The molecular formula is C29H32N2S. The van der Waals surface area contributed by atoms with Crippen LogP contribution in [0.15, 0.2) is 90.1 Å². The average Bonchev–Trinajstić information content (AvgIpc) is 3.17. The van der Waals surface area contributed by atoms with Gasteiger partial charge < -0.3 is 4.57 Å². The first-order valence-corrected chi connectivity index (χ1v) is 12.4. The van der Waals surface area contributed by atoms with Crippen molar-refractivity contribution in [1.82, 2.24) is 9.55 Å². The fourth-order valence-corrected chi connectivity index (χ4v) is 4.89. The molecule has 164 valence electrons. The van der Waals surface area contributed by atoms with Crippen molar-refractivity contribution in [1.29, 1.82) is 0 Å². The molecule has 0 aliphatic heterocycles. The van der Waals surface area contributed by atoms with Gasteiger partial charge in [-0.1, -0.05) is 124 Å². The lowest BCUT2D eigenvalue weighted by molar-refractivity contribution is 0.590. The third kappa shape index (κ3) is 4.99. The van der Waals surface area contributed by atoms with Crippen LogP contribution in [0.5, 0.6) is 0 Å². The number of aromatic nitrogens is 2. The Hall–Kier alpha value is -2.78. The normalized spacial score (nSPS) is 11.6. The summed E-state index contributed by atoms with van der Waals surface area (Å²) in [5.41, 5.74) is 7.54. The maximum atomic E-state index is 5.17. The minimum Gasteiger partial charge on any atom is -0.318 e. The van der Waals surface area contributed by atoms with Crippen molar-refractivity contribution in [2.45, 2.75) is 57.0 Å². The number of hydrogen-bond acceptors (Lipinski definition) is 2. The molecule has 0 bridgehead atoms. The molecule has 1 aromatic heterocycles. The van der Waals surface area contributed by atoms with E-state index in [9.17, 15) is 0 Å². The molecule has 4 rings (SSSR count). The van der Waals surface area contributed by atoms with Crippen LogP contribution in [0.25, 0.3) is 22.5 Å². The number of nitrogens with zero attached hydrogens (tertiary/aromatic N) is 2. The van der Waals surface area contributed by atoms with Gasteiger partial charge in [0, 0.05) is 23.4 Å². The van der Waals surface area contributed by atoms with Crippen molar-refractivity contribution >= 4 is 11.8 Å². The Morgan fingerprint density at radius 3 is 1.94 bits per heavy atom. The fourth-order valence-electron chi connectivity index (χ4n) is 3.91. The van der Waals surface area contributed by atoms with Crippen LogP contribution in [0, 0.1) is 0 Å². The minimum atomic E-state index is 0.179. The maximum absolute atomic E-state index is 5.17. The Morgan fingerprint density at radius 1 is 0.781 bits per heavy atom. The Balaban J connectivity index is 1.71. The molecule has 0 saturated carbocycles. The van der Waals surface area contributed by atoms with E-state index in [1.54, 1.807) is 0 Å².